The zero-order valence-corrected chi connectivity index (χ0v) is 16.5. The molecule has 1 saturated heterocycles. The van der Waals surface area contributed by atoms with Crippen LogP contribution in [-0.4, -0.2) is 53.3 Å². The number of ether oxygens (including phenoxy) is 2. The van der Waals surface area contributed by atoms with Gasteiger partial charge < -0.3 is 14.8 Å². The van der Waals surface area contributed by atoms with Gasteiger partial charge in [0.15, 0.2) is 11.5 Å². The largest absolute Gasteiger partial charge is 0.490 e. The molecule has 4 rings (SSSR count). The minimum atomic E-state index is -0.178. The number of aryl methyl sites for hydroxylation is 1. The fourth-order valence-corrected chi connectivity index (χ4v) is 4.02. The Kier molecular flexibility index (Phi) is 5.52. The molecule has 0 radical (unpaired) electrons. The van der Waals surface area contributed by atoms with Gasteiger partial charge in [0.05, 0.1) is 25.5 Å². The van der Waals surface area contributed by atoms with E-state index in [0.29, 0.717) is 24.9 Å². The number of fused-ring (bicyclic) bond motifs is 1. The van der Waals surface area contributed by atoms with Crippen LogP contribution in [-0.2, 0) is 4.79 Å². The predicted molar refractivity (Wildman–Crippen MR) is 107 cm³/mol. The predicted octanol–water partition coefficient (Wildman–Crippen LogP) is 3.09. The maximum absolute atomic E-state index is 12.8. The lowest BCUT2D eigenvalue weighted by atomic mass is 9.89. The van der Waals surface area contributed by atoms with Crippen molar-refractivity contribution in [1.29, 1.82) is 0 Å². The summed E-state index contributed by atoms with van der Waals surface area (Å²) in [5.74, 6) is 1.96. The van der Waals surface area contributed by atoms with Gasteiger partial charge in [-0.25, -0.2) is 0 Å². The number of benzene rings is 1. The van der Waals surface area contributed by atoms with Gasteiger partial charge in [0, 0.05) is 23.9 Å². The normalized spacial score (nSPS) is 19.1. The van der Waals surface area contributed by atoms with Crippen LogP contribution in [0.1, 0.15) is 43.4 Å². The van der Waals surface area contributed by atoms with Gasteiger partial charge >= 0.3 is 0 Å². The first-order valence-electron chi connectivity index (χ1n) is 10.1. The highest BCUT2D eigenvalue weighted by atomic mass is 16.5. The molecular weight excluding hydrogens is 356 g/mol. The van der Waals surface area contributed by atoms with Crippen LogP contribution in [0.2, 0.25) is 0 Å². The number of amides is 1. The topological polar surface area (TPSA) is 79.5 Å². The summed E-state index contributed by atoms with van der Waals surface area (Å²) < 4.78 is 11.4. The Bertz CT molecular complexity index is 827. The molecule has 1 aromatic heterocycles. The average molecular weight is 384 g/mol. The Morgan fingerprint density at radius 3 is 2.71 bits per heavy atom. The summed E-state index contributed by atoms with van der Waals surface area (Å²) in [7, 11) is 0. The van der Waals surface area contributed by atoms with Gasteiger partial charge in [0.25, 0.3) is 0 Å². The van der Waals surface area contributed by atoms with Crippen molar-refractivity contribution in [2.24, 2.45) is 0 Å². The van der Waals surface area contributed by atoms with Crippen molar-refractivity contribution in [3.05, 3.63) is 35.7 Å². The van der Waals surface area contributed by atoms with Crippen molar-refractivity contribution in [1.82, 2.24) is 15.1 Å². The van der Waals surface area contributed by atoms with Crippen molar-refractivity contribution in [3.8, 4) is 11.5 Å². The molecule has 0 saturated carbocycles. The Morgan fingerprint density at radius 1 is 1.25 bits per heavy atom. The SMILES string of the molecule is Cc1[nH]ncc1C1CCN(C(C)C(=O)Nc2ccc3c(c2)OCCCO3)CC1. The van der Waals surface area contributed by atoms with Gasteiger partial charge in [-0.05, 0) is 63.4 Å². The lowest BCUT2D eigenvalue weighted by Crippen LogP contribution is -2.45. The van der Waals surface area contributed by atoms with Crippen LogP contribution in [0, 0.1) is 6.92 Å². The molecule has 1 aromatic carbocycles. The molecule has 150 valence electrons. The summed E-state index contributed by atoms with van der Waals surface area (Å²) in [5, 5.41) is 10.2. The van der Waals surface area contributed by atoms with Crippen molar-refractivity contribution in [3.63, 3.8) is 0 Å². The molecule has 0 bridgehead atoms. The minimum Gasteiger partial charge on any atom is -0.490 e. The summed E-state index contributed by atoms with van der Waals surface area (Å²) in [5.41, 5.74) is 3.20. The Morgan fingerprint density at radius 2 is 2.00 bits per heavy atom. The zero-order chi connectivity index (χ0) is 19.5. The molecule has 0 aliphatic carbocycles. The van der Waals surface area contributed by atoms with Crippen LogP contribution >= 0.6 is 0 Å². The fourth-order valence-electron chi connectivity index (χ4n) is 4.02. The van der Waals surface area contributed by atoms with Crippen molar-refractivity contribution in [2.75, 3.05) is 31.6 Å². The van der Waals surface area contributed by atoms with Crippen LogP contribution in [0.4, 0.5) is 5.69 Å². The number of hydrogen-bond acceptors (Lipinski definition) is 5. The van der Waals surface area contributed by atoms with E-state index < -0.39 is 0 Å². The number of H-pyrrole nitrogens is 1. The molecule has 2 aliphatic heterocycles. The van der Waals surface area contributed by atoms with E-state index in [4.69, 9.17) is 9.47 Å². The molecule has 1 amide bonds. The first-order chi connectivity index (χ1) is 13.6. The second kappa shape index (κ2) is 8.22. The second-order valence-corrected chi connectivity index (χ2v) is 7.64. The summed E-state index contributed by atoms with van der Waals surface area (Å²) in [6.45, 7) is 7.15. The monoisotopic (exact) mass is 384 g/mol. The maximum Gasteiger partial charge on any atom is 0.241 e. The van der Waals surface area contributed by atoms with Crippen molar-refractivity contribution < 1.29 is 14.3 Å². The van der Waals surface area contributed by atoms with Gasteiger partial charge in [0.2, 0.25) is 5.91 Å². The highest BCUT2D eigenvalue weighted by Gasteiger charge is 2.28. The van der Waals surface area contributed by atoms with E-state index in [1.54, 1.807) is 0 Å². The first-order valence-corrected chi connectivity index (χ1v) is 10.1. The van der Waals surface area contributed by atoms with E-state index in [-0.39, 0.29) is 11.9 Å². The third kappa shape index (κ3) is 3.99. The number of aromatic amines is 1. The quantitative estimate of drug-likeness (QED) is 0.847. The first kappa shape index (κ1) is 18.8. The molecule has 1 unspecified atom stereocenters. The highest BCUT2D eigenvalue weighted by Crippen LogP contribution is 2.33. The molecule has 7 heteroatoms. The number of carbonyl (C=O) groups excluding carboxylic acids is 1. The number of aromatic nitrogens is 2. The van der Waals surface area contributed by atoms with Crippen molar-refractivity contribution in [2.45, 2.75) is 45.1 Å². The van der Waals surface area contributed by atoms with E-state index in [2.05, 4.69) is 27.3 Å². The second-order valence-electron chi connectivity index (χ2n) is 7.64. The lowest BCUT2D eigenvalue weighted by molar-refractivity contribution is -0.121. The van der Waals surface area contributed by atoms with E-state index in [1.165, 1.54) is 5.56 Å². The number of anilines is 1. The third-order valence-corrected chi connectivity index (χ3v) is 5.78. The van der Waals surface area contributed by atoms with E-state index in [0.717, 1.165) is 49.5 Å². The number of nitrogens with one attached hydrogen (secondary N) is 2. The number of rotatable bonds is 4. The zero-order valence-electron chi connectivity index (χ0n) is 16.5. The van der Waals surface area contributed by atoms with Gasteiger partial charge in [-0.1, -0.05) is 0 Å². The van der Waals surface area contributed by atoms with Crippen LogP contribution in [0.25, 0.3) is 0 Å². The molecule has 7 nitrogen and oxygen atoms in total. The smallest absolute Gasteiger partial charge is 0.241 e. The molecule has 3 heterocycles. The molecule has 2 aromatic rings. The molecule has 1 fully saturated rings. The van der Waals surface area contributed by atoms with Crippen LogP contribution < -0.4 is 14.8 Å². The van der Waals surface area contributed by atoms with Crippen LogP contribution in [0.3, 0.4) is 0 Å². The van der Waals surface area contributed by atoms with E-state index in [1.807, 2.05) is 31.3 Å². The molecule has 2 aliphatic rings. The van der Waals surface area contributed by atoms with E-state index >= 15 is 0 Å². The molecular formula is C21H28N4O3. The standard InChI is InChI=1S/C21H28N4O3/c1-14-18(13-22-24-14)16-6-8-25(9-7-16)15(2)21(26)23-17-4-5-19-20(12-17)28-11-3-10-27-19/h4-5,12-13,15-16H,3,6-11H2,1-2H3,(H,22,24)(H,23,26). The number of carbonyl (C=O) groups is 1. The third-order valence-electron chi connectivity index (χ3n) is 5.78. The lowest BCUT2D eigenvalue weighted by Gasteiger charge is -2.35. The minimum absolute atomic E-state index is 0.00688. The number of hydrogen-bond donors (Lipinski definition) is 2. The summed E-state index contributed by atoms with van der Waals surface area (Å²) in [4.78, 5) is 15.0. The molecule has 2 N–H and O–H groups in total. The van der Waals surface area contributed by atoms with Crippen molar-refractivity contribution >= 4 is 11.6 Å². The molecule has 28 heavy (non-hydrogen) atoms. The summed E-state index contributed by atoms with van der Waals surface area (Å²) in [6, 6.07) is 5.40. The van der Waals surface area contributed by atoms with Crippen LogP contribution in [0.15, 0.2) is 24.4 Å². The van der Waals surface area contributed by atoms with Gasteiger partial charge in [-0.2, -0.15) is 5.10 Å². The van der Waals surface area contributed by atoms with Gasteiger partial charge in [-0.3, -0.25) is 14.8 Å². The Labute approximate surface area is 165 Å². The van der Waals surface area contributed by atoms with Gasteiger partial charge in [0.1, 0.15) is 0 Å². The number of nitrogens with zero attached hydrogens (tertiary/aromatic N) is 2. The Balaban J connectivity index is 1.34. The maximum atomic E-state index is 12.8. The summed E-state index contributed by atoms with van der Waals surface area (Å²) >= 11 is 0. The summed E-state index contributed by atoms with van der Waals surface area (Å²) in [6.07, 6.45) is 4.89. The Hall–Kier alpha value is -2.54. The van der Waals surface area contributed by atoms with Crippen LogP contribution in [0.5, 0.6) is 11.5 Å². The van der Waals surface area contributed by atoms with E-state index in [9.17, 15) is 4.79 Å². The average Bonchev–Trinajstić information content (AvgIpc) is 3.00. The molecule has 1 atom stereocenters. The number of likely N-dealkylation sites (tertiary alicyclic amines) is 1. The fraction of sp³-hybridized carbons (Fsp3) is 0.524. The number of piperidine rings is 1. The highest BCUT2D eigenvalue weighted by molar-refractivity contribution is 5.94. The molecule has 0 spiro atoms. The van der Waals surface area contributed by atoms with Gasteiger partial charge in [-0.15, -0.1) is 0 Å².